The summed E-state index contributed by atoms with van der Waals surface area (Å²) in [4.78, 5) is 14.2. The molecule has 2 unspecified atom stereocenters. The number of likely N-dealkylation sites (N-methyl/N-ethyl adjacent to an activating group) is 1. The molecule has 1 aromatic carbocycles. The second-order valence-corrected chi connectivity index (χ2v) is 7.01. The Bertz CT molecular complexity index is 524. The summed E-state index contributed by atoms with van der Waals surface area (Å²) in [5.74, 6) is -0.148. The van der Waals surface area contributed by atoms with Crippen LogP contribution in [-0.4, -0.2) is 35.1 Å². The van der Waals surface area contributed by atoms with Gasteiger partial charge in [-0.2, -0.15) is 0 Å². The highest BCUT2D eigenvalue weighted by Crippen LogP contribution is 2.29. The maximum absolute atomic E-state index is 12.6. The van der Waals surface area contributed by atoms with E-state index in [9.17, 15) is 9.90 Å². The standard InChI is InChI=1S/C14H16Cl2INO2/c1-18(11-4-2-3-5-12(11)19)14(20)9-6-8(15)7-10(16)13(9)17/h6-7,11-12,19H,2-5H2,1H3. The molecule has 1 fully saturated rings. The first kappa shape index (κ1) is 16.3. The summed E-state index contributed by atoms with van der Waals surface area (Å²) in [7, 11) is 1.73. The number of carbonyl (C=O) groups excluding carboxylic acids is 1. The molecule has 0 heterocycles. The molecule has 3 nitrogen and oxygen atoms in total. The van der Waals surface area contributed by atoms with Gasteiger partial charge in [-0.3, -0.25) is 4.79 Å². The van der Waals surface area contributed by atoms with Gasteiger partial charge in [0.05, 0.1) is 22.7 Å². The van der Waals surface area contributed by atoms with Gasteiger partial charge in [0.2, 0.25) is 0 Å². The highest BCUT2D eigenvalue weighted by molar-refractivity contribution is 14.1. The van der Waals surface area contributed by atoms with E-state index in [0.717, 1.165) is 25.7 Å². The van der Waals surface area contributed by atoms with E-state index in [0.29, 0.717) is 19.2 Å². The first-order chi connectivity index (χ1) is 9.41. The third kappa shape index (κ3) is 3.40. The number of carbonyl (C=O) groups is 1. The van der Waals surface area contributed by atoms with Crippen molar-refractivity contribution in [3.05, 3.63) is 31.3 Å². The van der Waals surface area contributed by atoms with E-state index in [2.05, 4.69) is 0 Å². The van der Waals surface area contributed by atoms with Crippen molar-refractivity contribution in [2.45, 2.75) is 37.8 Å². The van der Waals surface area contributed by atoms with E-state index in [1.807, 2.05) is 22.6 Å². The molecule has 0 aromatic heterocycles. The monoisotopic (exact) mass is 427 g/mol. The normalized spacial score (nSPS) is 22.6. The lowest BCUT2D eigenvalue weighted by Gasteiger charge is -2.35. The number of aliphatic hydroxyl groups is 1. The van der Waals surface area contributed by atoms with Gasteiger partial charge in [-0.05, 0) is 47.6 Å². The zero-order valence-electron chi connectivity index (χ0n) is 11.1. The van der Waals surface area contributed by atoms with Crippen molar-refractivity contribution in [1.82, 2.24) is 4.90 Å². The molecule has 0 spiro atoms. The number of benzene rings is 1. The molecule has 1 N–H and O–H groups in total. The molecular formula is C14H16Cl2INO2. The van der Waals surface area contributed by atoms with Crippen molar-refractivity contribution in [2.24, 2.45) is 0 Å². The van der Waals surface area contributed by atoms with Crippen LogP contribution in [0.15, 0.2) is 12.1 Å². The van der Waals surface area contributed by atoms with Gasteiger partial charge in [0.15, 0.2) is 0 Å². The largest absolute Gasteiger partial charge is 0.391 e. The van der Waals surface area contributed by atoms with Crippen molar-refractivity contribution < 1.29 is 9.90 Å². The van der Waals surface area contributed by atoms with Crippen LogP contribution in [0.3, 0.4) is 0 Å². The Labute approximate surface area is 142 Å². The second-order valence-electron chi connectivity index (χ2n) is 5.08. The fourth-order valence-electron chi connectivity index (χ4n) is 2.60. The number of halogens is 3. The van der Waals surface area contributed by atoms with E-state index in [1.54, 1.807) is 24.1 Å². The third-order valence-electron chi connectivity index (χ3n) is 3.74. The summed E-state index contributed by atoms with van der Waals surface area (Å²) in [5.41, 5.74) is 0.489. The lowest BCUT2D eigenvalue weighted by Crippen LogP contribution is -2.46. The summed E-state index contributed by atoms with van der Waals surface area (Å²) < 4.78 is 0.691. The van der Waals surface area contributed by atoms with Crippen molar-refractivity contribution in [2.75, 3.05) is 7.05 Å². The minimum Gasteiger partial charge on any atom is -0.391 e. The average Bonchev–Trinajstić information content (AvgIpc) is 2.42. The fourth-order valence-corrected chi connectivity index (χ4v) is 3.63. The number of amides is 1. The maximum atomic E-state index is 12.6. The number of aliphatic hydroxyl groups excluding tert-OH is 1. The van der Waals surface area contributed by atoms with Crippen LogP contribution >= 0.6 is 45.8 Å². The van der Waals surface area contributed by atoms with Crippen molar-refractivity contribution in [3.63, 3.8) is 0 Å². The van der Waals surface area contributed by atoms with Gasteiger partial charge in [-0.15, -0.1) is 0 Å². The molecule has 1 aliphatic carbocycles. The van der Waals surface area contributed by atoms with Crippen LogP contribution in [0.5, 0.6) is 0 Å². The minimum absolute atomic E-state index is 0.134. The zero-order valence-corrected chi connectivity index (χ0v) is 14.7. The topological polar surface area (TPSA) is 40.5 Å². The Morgan fingerprint density at radius 1 is 1.35 bits per heavy atom. The van der Waals surface area contributed by atoms with Gasteiger partial charge < -0.3 is 10.0 Å². The Balaban J connectivity index is 2.26. The van der Waals surface area contributed by atoms with E-state index < -0.39 is 6.10 Å². The highest BCUT2D eigenvalue weighted by Gasteiger charge is 2.30. The highest BCUT2D eigenvalue weighted by atomic mass is 127. The molecule has 0 radical (unpaired) electrons. The molecular weight excluding hydrogens is 412 g/mol. The summed E-state index contributed by atoms with van der Waals surface area (Å²) in [6, 6.07) is 3.12. The Kier molecular flexibility index (Phi) is 5.56. The molecule has 0 bridgehead atoms. The van der Waals surface area contributed by atoms with Crippen LogP contribution in [0.4, 0.5) is 0 Å². The molecule has 2 atom stereocenters. The molecule has 0 aliphatic heterocycles. The summed E-state index contributed by atoms with van der Waals surface area (Å²) in [6.07, 6.45) is 3.17. The SMILES string of the molecule is CN(C(=O)c1cc(Cl)cc(Cl)c1I)C1CCCCC1O. The van der Waals surface area contributed by atoms with Crippen LogP contribution in [0.2, 0.25) is 10.0 Å². The summed E-state index contributed by atoms with van der Waals surface area (Å²) >= 11 is 14.1. The van der Waals surface area contributed by atoms with Crippen LogP contribution in [0, 0.1) is 3.57 Å². The van der Waals surface area contributed by atoms with E-state index >= 15 is 0 Å². The van der Waals surface area contributed by atoms with Crippen molar-refractivity contribution >= 4 is 51.7 Å². The quantitative estimate of drug-likeness (QED) is 0.573. The van der Waals surface area contributed by atoms with Gasteiger partial charge in [0, 0.05) is 15.6 Å². The molecule has 20 heavy (non-hydrogen) atoms. The Hall–Kier alpha value is -0.0400. The number of hydrogen-bond acceptors (Lipinski definition) is 2. The minimum atomic E-state index is -0.454. The molecule has 6 heteroatoms. The van der Waals surface area contributed by atoms with Gasteiger partial charge in [-0.25, -0.2) is 0 Å². The fraction of sp³-hybridized carbons (Fsp3) is 0.500. The number of hydrogen-bond donors (Lipinski definition) is 1. The number of rotatable bonds is 2. The smallest absolute Gasteiger partial charge is 0.255 e. The van der Waals surface area contributed by atoms with Crippen LogP contribution < -0.4 is 0 Å². The lowest BCUT2D eigenvalue weighted by molar-refractivity contribution is 0.0267. The van der Waals surface area contributed by atoms with E-state index in [4.69, 9.17) is 23.2 Å². The molecule has 2 rings (SSSR count). The van der Waals surface area contributed by atoms with Gasteiger partial charge in [0.25, 0.3) is 5.91 Å². The van der Waals surface area contributed by atoms with Crippen LogP contribution in [0.1, 0.15) is 36.0 Å². The van der Waals surface area contributed by atoms with Gasteiger partial charge in [0.1, 0.15) is 0 Å². The summed E-state index contributed by atoms with van der Waals surface area (Å²) in [5, 5.41) is 11.0. The van der Waals surface area contributed by atoms with Crippen molar-refractivity contribution in [1.29, 1.82) is 0 Å². The maximum Gasteiger partial charge on any atom is 0.255 e. The van der Waals surface area contributed by atoms with E-state index in [-0.39, 0.29) is 11.9 Å². The Morgan fingerprint density at radius 3 is 2.65 bits per heavy atom. The van der Waals surface area contributed by atoms with Crippen LogP contribution in [0.25, 0.3) is 0 Å². The molecule has 1 aromatic rings. The lowest BCUT2D eigenvalue weighted by atomic mass is 9.91. The molecule has 1 amide bonds. The molecule has 110 valence electrons. The average molecular weight is 428 g/mol. The predicted octanol–water partition coefficient (Wildman–Crippen LogP) is 3.97. The van der Waals surface area contributed by atoms with Gasteiger partial charge in [-0.1, -0.05) is 36.0 Å². The summed E-state index contributed by atoms with van der Waals surface area (Å²) in [6.45, 7) is 0. The third-order valence-corrected chi connectivity index (χ3v) is 5.73. The number of nitrogens with zero attached hydrogens (tertiary/aromatic N) is 1. The van der Waals surface area contributed by atoms with E-state index in [1.165, 1.54) is 0 Å². The van der Waals surface area contributed by atoms with Crippen LogP contribution in [-0.2, 0) is 0 Å². The second kappa shape index (κ2) is 6.81. The zero-order chi connectivity index (χ0) is 14.9. The van der Waals surface area contributed by atoms with Gasteiger partial charge >= 0.3 is 0 Å². The Morgan fingerprint density at radius 2 is 2.00 bits per heavy atom. The molecule has 1 saturated carbocycles. The first-order valence-electron chi connectivity index (χ1n) is 6.51. The molecule has 1 aliphatic rings. The van der Waals surface area contributed by atoms with Crippen molar-refractivity contribution in [3.8, 4) is 0 Å². The predicted molar refractivity (Wildman–Crippen MR) is 89.5 cm³/mol. The first-order valence-corrected chi connectivity index (χ1v) is 8.35. The molecule has 0 saturated heterocycles.